The molecule has 20 heavy (non-hydrogen) atoms. The normalized spacial score (nSPS) is 11.2. The zero-order valence-corrected chi connectivity index (χ0v) is 12.5. The van der Waals surface area contributed by atoms with E-state index in [0.29, 0.717) is 11.1 Å². The highest BCUT2D eigenvalue weighted by molar-refractivity contribution is 9.10. The molecular weight excluding hydrogens is 314 g/mol. The van der Waals surface area contributed by atoms with Crippen LogP contribution >= 0.6 is 15.9 Å². The minimum atomic E-state index is 0.0455. The minimum Gasteiger partial charge on any atom is -0.377 e. The van der Waals surface area contributed by atoms with Crippen LogP contribution < -0.4 is 5.32 Å². The molecule has 1 N–H and O–H groups in total. The van der Waals surface area contributed by atoms with Gasteiger partial charge in [0.25, 0.3) is 0 Å². The van der Waals surface area contributed by atoms with Crippen molar-refractivity contribution in [3.8, 4) is 12.1 Å². The number of anilines is 1. The number of hydrogen-bond donors (Lipinski definition) is 1. The van der Waals surface area contributed by atoms with Gasteiger partial charge in [-0.2, -0.15) is 10.5 Å². The summed E-state index contributed by atoms with van der Waals surface area (Å²) in [6.07, 6.45) is 0. The summed E-state index contributed by atoms with van der Waals surface area (Å²) in [5, 5.41) is 21.2. The molecule has 2 aromatic rings. The number of nitriles is 2. The Morgan fingerprint density at radius 2 is 1.75 bits per heavy atom. The third-order valence-corrected chi connectivity index (χ3v) is 3.51. The van der Waals surface area contributed by atoms with Crippen molar-refractivity contribution in [1.29, 1.82) is 10.5 Å². The zero-order valence-electron chi connectivity index (χ0n) is 10.9. The molecule has 0 spiro atoms. The molecule has 0 aliphatic rings. The lowest BCUT2D eigenvalue weighted by molar-refractivity contribution is 0.883. The van der Waals surface area contributed by atoms with E-state index in [0.717, 1.165) is 15.7 Å². The molecule has 0 radical (unpaired) electrons. The molecule has 0 fully saturated rings. The highest BCUT2D eigenvalue weighted by Gasteiger charge is 2.09. The van der Waals surface area contributed by atoms with Gasteiger partial charge in [-0.15, -0.1) is 0 Å². The fourth-order valence-corrected chi connectivity index (χ4v) is 2.26. The van der Waals surface area contributed by atoms with Gasteiger partial charge in [0.15, 0.2) is 0 Å². The standard InChI is InChI=1S/C16H12BrN3/c1-11(13-4-2-12(9-18)3-5-13)20-16-8-15(17)7-6-14(16)10-19/h2-8,11,20H,1H3. The molecule has 1 atom stereocenters. The monoisotopic (exact) mass is 325 g/mol. The van der Waals surface area contributed by atoms with Gasteiger partial charge in [-0.3, -0.25) is 0 Å². The molecule has 2 aromatic carbocycles. The van der Waals surface area contributed by atoms with Crippen LogP contribution in [0, 0.1) is 22.7 Å². The quantitative estimate of drug-likeness (QED) is 0.911. The van der Waals surface area contributed by atoms with Gasteiger partial charge >= 0.3 is 0 Å². The fraction of sp³-hybridized carbons (Fsp3) is 0.125. The minimum absolute atomic E-state index is 0.0455. The van der Waals surface area contributed by atoms with Crippen molar-refractivity contribution in [3.05, 3.63) is 63.6 Å². The van der Waals surface area contributed by atoms with Crippen LogP contribution in [0.3, 0.4) is 0 Å². The maximum Gasteiger partial charge on any atom is 0.101 e. The highest BCUT2D eigenvalue weighted by atomic mass is 79.9. The molecule has 0 amide bonds. The molecule has 0 aromatic heterocycles. The first-order valence-corrected chi connectivity index (χ1v) is 6.89. The van der Waals surface area contributed by atoms with E-state index in [2.05, 4.69) is 33.4 Å². The van der Waals surface area contributed by atoms with Crippen LogP contribution in [-0.4, -0.2) is 0 Å². The molecule has 2 rings (SSSR count). The average molecular weight is 326 g/mol. The molecule has 98 valence electrons. The van der Waals surface area contributed by atoms with Gasteiger partial charge in [0.1, 0.15) is 6.07 Å². The number of nitrogens with one attached hydrogen (secondary N) is 1. The Balaban J connectivity index is 2.23. The lowest BCUT2D eigenvalue weighted by Gasteiger charge is -2.17. The van der Waals surface area contributed by atoms with E-state index in [9.17, 15) is 0 Å². The van der Waals surface area contributed by atoms with Gasteiger partial charge in [0.05, 0.1) is 22.9 Å². The van der Waals surface area contributed by atoms with Gasteiger partial charge in [-0.1, -0.05) is 28.1 Å². The third-order valence-electron chi connectivity index (χ3n) is 3.01. The van der Waals surface area contributed by atoms with Crippen LogP contribution in [0.5, 0.6) is 0 Å². The molecule has 3 nitrogen and oxygen atoms in total. The molecule has 0 saturated carbocycles. The SMILES string of the molecule is CC(Nc1cc(Br)ccc1C#N)c1ccc(C#N)cc1. The summed E-state index contributed by atoms with van der Waals surface area (Å²) in [6, 6.07) is 17.2. The summed E-state index contributed by atoms with van der Waals surface area (Å²) in [5.74, 6) is 0. The Hall–Kier alpha value is -2.30. The molecule has 0 heterocycles. The highest BCUT2D eigenvalue weighted by Crippen LogP contribution is 2.25. The van der Waals surface area contributed by atoms with Crippen molar-refractivity contribution < 1.29 is 0 Å². The van der Waals surface area contributed by atoms with Gasteiger partial charge in [-0.25, -0.2) is 0 Å². The fourth-order valence-electron chi connectivity index (χ4n) is 1.90. The van der Waals surface area contributed by atoms with E-state index in [1.54, 1.807) is 18.2 Å². The first kappa shape index (κ1) is 14.1. The molecule has 0 bridgehead atoms. The van der Waals surface area contributed by atoms with E-state index >= 15 is 0 Å². The van der Waals surface area contributed by atoms with E-state index in [-0.39, 0.29) is 6.04 Å². The van der Waals surface area contributed by atoms with E-state index in [1.807, 2.05) is 31.2 Å². The van der Waals surface area contributed by atoms with Crippen LogP contribution in [0.2, 0.25) is 0 Å². The van der Waals surface area contributed by atoms with Crippen LogP contribution in [0.15, 0.2) is 46.9 Å². The predicted octanol–water partition coefficient (Wildman–Crippen LogP) is 4.37. The Morgan fingerprint density at radius 3 is 2.35 bits per heavy atom. The molecular formula is C16H12BrN3. The van der Waals surface area contributed by atoms with Gasteiger partial charge in [0, 0.05) is 10.5 Å². The topological polar surface area (TPSA) is 59.6 Å². The summed E-state index contributed by atoms with van der Waals surface area (Å²) in [7, 11) is 0. The largest absolute Gasteiger partial charge is 0.377 e. The van der Waals surface area contributed by atoms with Crippen LogP contribution in [0.4, 0.5) is 5.69 Å². The van der Waals surface area contributed by atoms with Crippen molar-refractivity contribution >= 4 is 21.6 Å². The van der Waals surface area contributed by atoms with Gasteiger partial charge in [0.2, 0.25) is 0 Å². The van der Waals surface area contributed by atoms with Crippen molar-refractivity contribution in [3.63, 3.8) is 0 Å². The Bertz CT molecular complexity index is 693. The Kier molecular flexibility index (Phi) is 4.40. The average Bonchev–Trinajstić information content (AvgIpc) is 2.47. The maximum absolute atomic E-state index is 9.12. The smallest absolute Gasteiger partial charge is 0.101 e. The van der Waals surface area contributed by atoms with Gasteiger partial charge < -0.3 is 5.32 Å². The summed E-state index contributed by atoms with van der Waals surface area (Å²) in [4.78, 5) is 0. The lowest BCUT2D eigenvalue weighted by Crippen LogP contribution is -2.07. The van der Waals surface area contributed by atoms with Crippen molar-refractivity contribution in [2.45, 2.75) is 13.0 Å². The third kappa shape index (κ3) is 3.17. The van der Waals surface area contributed by atoms with Crippen LogP contribution in [0.1, 0.15) is 29.7 Å². The summed E-state index contributed by atoms with van der Waals surface area (Å²) >= 11 is 3.41. The first-order chi connectivity index (χ1) is 9.63. The summed E-state index contributed by atoms with van der Waals surface area (Å²) < 4.78 is 0.922. The van der Waals surface area contributed by atoms with E-state index in [1.165, 1.54) is 0 Å². The number of hydrogen-bond acceptors (Lipinski definition) is 3. The Labute approximate surface area is 126 Å². The zero-order chi connectivity index (χ0) is 14.5. The van der Waals surface area contributed by atoms with Crippen LogP contribution in [0.25, 0.3) is 0 Å². The summed E-state index contributed by atoms with van der Waals surface area (Å²) in [5.41, 5.74) is 3.10. The number of halogens is 1. The van der Waals surface area contributed by atoms with Crippen LogP contribution in [-0.2, 0) is 0 Å². The predicted molar refractivity (Wildman–Crippen MR) is 82.1 cm³/mol. The number of nitrogens with zero attached hydrogens (tertiary/aromatic N) is 2. The Morgan fingerprint density at radius 1 is 1.05 bits per heavy atom. The van der Waals surface area contributed by atoms with E-state index < -0.39 is 0 Å². The number of benzene rings is 2. The van der Waals surface area contributed by atoms with Crippen molar-refractivity contribution in [2.24, 2.45) is 0 Å². The van der Waals surface area contributed by atoms with E-state index in [4.69, 9.17) is 10.5 Å². The van der Waals surface area contributed by atoms with Crippen molar-refractivity contribution in [1.82, 2.24) is 0 Å². The molecule has 0 aliphatic heterocycles. The summed E-state index contributed by atoms with van der Waals surface area (Å²) in [6.45, 7) is 2.02. The molecule has 0 aliphatic carbocycles. The second-order valence-corrected chi connectivity index (χ2v) is 5.32. The van der Waals surface area contributed by atoms with Gasteiger partial charge in [-0.05, 0) is 42.8 Å². The second-order valence-electron chi connectivity index (χ2n) is 4.40. The lowest BCUT2D eigenvalue weighted by atomic mass is 10.1. The molecule has 0 saturated heterocycles. The number of rotatable bonds is 3. The first-order valence-electron chi connectivity index (χ1n) is 6.10. The molecule has 4 heteroatoms. The second kappa shape index (κ2) is 6.23. The maximum atomic E-state index is 9.12. The molecule has 1 unspecified atom stereocenters. The van der Waals surface area contributed by atoms with Crippen molar-refractivity contribution in [2.75, 3.05) is 5.32 Å².